The SMILES string of the molecule is COC(=O)c1ccc(NC(=O)CCN(Cc2ccc(F)cc2)C(C)=O)cc1. The first-order valence-corrected chi connectivity index (χ1v) is 8.37. The van der Waals surface area contributed by atoms with Crippen LogP contribution in [-0.4, -0.2) is 36.3 Å². The summed E-state index contributed by atoms with van der Waals surface area (Å²) in [4.78, 5) is 36.8. The number of hydrogen-bond acceptors (Lipinski definition) is 4. The number of rotatable bonds is 7. The Labute approximate surface area is 156 Å². The van der Waals surface area contributed by atoms with Crippen LogP contribution >= 0.6 is 0 Å². The topological polar surface area (TPSA) is 75.7 Å². The fraction of sp³-hybridized carbons (Fsp3) is 0.250. The van der Waals surface area contributed by atoms with Crippen LogP contribution in [0.15, 0.2) is 48.5 Å². The van der Waals surface area contributed by atoms with Crippen molar-refractivity contribution in [1.82, 2.24) is 4.90 Å². The van der Waals surface area contributed by atoms with Gasteiger partial charge in [0.1, 0.15) is 5.82 Å². The van der Waals surface area contributed by atoms with Gasteiger partial charge in [0.15, 0.2) is 0 Å². The first-order valence-electron chi connectivity index (χ1n) is 8.37. The van der Waals surface area contributed by atoms with Gasteiger partial charge in [-0.25, -0.2) is 9.18 Å². The lowest BCUT2D eigenvalue weighted by molar-refractivity contribution is -0.129. The van der Waals surface area contributed by atoms with E-state index in [2.05, 4.69) is 10.1 Å². The van der Waals surface area contributed by atoms with Crippen LogP contribution in [0.3, 0.4) is 0 Å². The van der Waals surface area contributed by atoms with Crippen molar-refractivity contribution in [2.45, 2.75) is 19.9 Å². The lowest BCUT2D eigenvalue weighted by Crippen LogP contribution is -2.31. The van der Waals surface area contributed by atoms with E-state index in [0.29, 0.717) is 17.8 Å². The molecule has 0 unspecified atom stereocenters. The van der Waals surface area contributed by atoms with Crippen LogP contribution in [-0.2, 0) is 20.9 Å². The number of anilines is 1. The van der Waals surface area contributed by atoms with E-state index in [4.69, 9.17) is 0 Å². The average molecular weight is 372 g/mol. The Morgan fingerprint density at radius 1 is 1.04 bits per heavy atom. The smallest absolute Gasteiger partial charge is 0.337 e. The number of ether oxygens (including phenoxy) is 1. The van der Waals surface area contributed by atoms with Crippen LogP contribution in [0.25, 0.3) is 0 Å². The van der Waals surface area contributed by atoms with Gasteiger partial charge in [-0.05, 0) is 42.0 Å². The Kier molecular flexibility index (Phi) is 7.05. The number of carbonyl (C=O) groups excluding carboxylic acids is 3. The number of nitrogens with zero attached hydrogens (tertiary/aromatic N) is 1. The van der Waals surface area contributed by atoms with E-state index in [1.807, 2.05) is 0 Å². The highest BCUT2D eigenvalue weighted by molar-refractivity contribution is 5.93. The molecular formula is C20H21FN2O4. The Balaban J connectivity index is 1.89. The molecule has 0 aliphatic rings. The van der Waals surface area contributed by atoms with Crippen molar-refractivity contribution < 1.29 is 23.5 Å². The zero-order valence-corrected chi connectivity index (χ0v) is 15.2. The number of carbonyl (C=O) groups is 3. The Morgan fingerprint density at radius 3 is 2.22 bits per heavy atom. The van der Waals surface area contributed by atoms with Gasteiger partial charge in [0.05, 0.1) is 12.7 Å². The lowest BCUT2D eigenvalue weighted by Gasteiger charge is -2.21. The summed E-state index contributed by atoms with van der Waals surface area (Å²) in [7, 11) is 1.30. The largest absolute Gasteiger partial charge is 0.465 e. The summed E-state index contributed by atoms with van der Waals surface area (Å²) in [6, 6.07) is 12.2. The van der Waals surface area contributed by atoms with Crippen molar-refractivity contribution in [2.24, 2.45) is 0 Å². The van der Waals surface area contributed by atoms with E-state index in [9.17, 15) is 18.8 Å². The number of esters is 1. The van der Waals surface area contributed by atoms with Gasteiger partial charge >= 0.3 is 5.97 Å². The van der Waals surface area contributed by atoms with E-state index in [1.54, 1.807) is 36.4 Å². The van der Waals surface area contributed by atoms with Crippen molar-refractivity contribution in [3.05, 3.63) is 65.5 Å². The number of benzene rings is 2. The van der Waals surface area contributed by atoms with Gasteiger partial charge in [-0.1, -0.05) is 12.1 Å². The van der Waals surface area contributed by atoms with Crippen LogP contribution in [0, 0.1) is 5.82 Å². The Hall–Kier alpha value is -3.22. The lowest BCUT2D eigenvalue weighted by atomic mass is 10.2. The molecule has 0 saturated carbocycles. The fourth-order valence-corrected chi connectivity index (χ4v) is 2.43. The van der Waals surface area contributed by atoms with Crippen molar-refractivity contribution in [1.29, 1.82) is 0 Å². The number of methoxy groups -OCH3 is 1. The number of halogens is 1. The number of amides is 2. The second-order valence-corrected chi connectivity index (χ2v) is 5.93. The Morgan fingerprint density at radius 2 is 1.67 bits per heavy atom. The standard InChI is InChI=1S/C20H21FN2O4/c1-14(24)23(13-15-3-7-17(21)8-4-15)12-11-19(25)22-18-9-5-16(6-10-18)20(26)27-2/h3-10H,11-13H2,1-2H3,(H,22,25). The third-order valence-electron chi connectivity index (χ3n) is 3.93. The van der Waals surface area contributed by atoms with Gasteiger partial charge in [-0.15, -0.1) is 0 Å². The minimum Gasteiger partial charge on any atom is -0.465 e. The average Bonchev–Trinajstić information content (AvgIpc) is 2.66. The number of nitrogens with one attached hydrogen (secondary N) is 1. The molecule has 0 aliphatic carbocycles. The summed E-state index contributed by atoms with van der Waals surface area (Å²) in [6.45, 7) is 1.96. The highest BCUT2D eigenvalue weighted by atomic mass is 19.1. The van der Waals surface area contributed by atoms with Gasteiger partial charge in [-0.2, -0.15) is 0 Å². The molecule has 27 heavy (non-hydrogen) atoms. The molecule has 0 radical (unpaired) electrons. The molecule has 0 aromatic heterocycles. The predicted octanol–water partition coefficient (Wildman–Crippen LogP) is 2.99. The van der Waals surface area contributed by atoms with Crippen LogP contribution in [0.4, 0.5) is 10.1 Å². The van der Waals surface area contributed by atoms with Gasteiger partial charge in [0, 0.05) is 32.1 Å². The minimum atomic E-state index is -0.453. The fourth-order valence-electron chi connectivity index (χ4n) is 2.43. The maximum Gasteiger partial charge on any atom is 0.337 e. The highest BCUT2D eigenvalue weighted by Gasteiger charge is 2.12. The maximum atomic E-state index is 13.0. The molecule has 0 fully saturated rings. The zero-order valence-electron chi connectivity index (χ0n) is 15.2. The third-order valence-corrected chi connectivity index (χ3v) is 3.93. The summed E-state index contributed by atoms with van der Waals surface area (Å²) in [6.07, 6.45) is 0.111. The van der Waals surface area contributed by atoms with Crippen LogP contribution in [0.5, 0.6) is 0 Å². The normalized spacial score (nSPS) is 10.2. The molecule has 7 heteroatoms. The molecule has 2 amide bonds. The molecule has 0 atom stereocenters. The third kappa shape index (κ3) is 6.22. The summed E-state index contributed by atoms with van der Waals surface area (Å²) < 4.78 is 17.6. The molecule has 0 saturated heterocycles. The second-order valence-electron chi connectivity index (χ2n) is 5.93. The number of hydrogen-bond donors (Lipinski definition) is 1. The molecule has 6 nitrogen and oxygen atoms in total. The van der Waals surface area contributed by atoms with Crippen molar-refractivity contribution in [3.63, 3.8) is 0 Å². The summed E-state index contributed by atoms with van der Waals surface area (Å²) >= 11 is 0. The summed E-state index contributed by atoms with van der Waals surface area (Å²) in [5.74, 6) is -1.22. The first kappa shape index (κ1) is 20.1. The maximum absolute atomic E-state index is 13.0. The van der Waals surface area contributed by atoms with Crippen LogP contribution in [0.1, 0.15) is 29.3 Å². The molecular weight excluding hydrogens is 351 g/mol. The monoisotopic (exact) mass is 372 g/mol. The molecule has 1 N–H and O–H groups in total. The van der Waals surface area contributed by atoms with E-state index >= 15 is 0 Å². The molecule has 2 aromatic rings. The van der Waals surface area contributed by atoms with Gasteiger partial charge in [-0.3, -0.25) is 9.59 Å². The Bertz CT molecular complexity index is 804. The molecule has 0 aliphatic heterocycles. The summed E-state index contributed by atoms with van der Waals surface area (Å²) in [5, 5.41) is 2.71. The summed E-state index contributed by atoms with van der Waals surface area (Å²) in [5.41, 5.74) is 1.71. The minimum absolute atomic E-state index is 0.111. The molecule has 142 valence electrons. The second kappa shape index (κ2) is 9.47. The van der Waals surface area contributed by atoms with Crippen molar-refractivity contribution in [2.75, 3.05) is 19.0 Å². The van der Waals surface area contributed by atoms with Crippen molar-refractivity contribution >= 4 is 23.5 Å². The molecule has 2 rings (SSSR count). The molecule has 0 heterocycles. The highest BCUT2D eigenvalue weighted by Crippen LogP contribution is 2.12. The van der Waals surface area contributed by atoms with E-state index < -0.39 is 5.97 Å². The van der Waals surface area contributed by atoms with Gasteiger partial charge in [0.2, 0.25) is 11.8 Å². The quantitative estimate of drug-likeness (QED) is 0.758. The van der Waals surface area contributed by atoms with E-state index in [0.717, 1.165) is 5.56 Å². The van der Waals surface area contributed by atoms with E-state index in [1.165, 1.54) is 31.1 Å². The molecule has 2 aromatic carbocycles. The van der Waals surface area contributed by atoms with Crippen LogP contribution in [0.2, 0.25) is 0 Å². The van der Waals surface area contributed by atoms with Crippen LogP contribution < -0.4 is 5.32 Å². The van der Waals surface area contributed by atoms with Gasteiger partial charge < -0.3 is 15.0 Å². The van der Waals surface area contributed by atoms with Gasteiger partial charge in [0.25, 0.3) is 0 Å². The first-order chi connectivity index (χ1) is 12.9. The molecule has 0 spiro atoms. The van der Waals surface area contributed by atoms with Crippen molar-refractivity contribution in [3.8, 4) is 0 Å². The van der Waals surface area contributed by atoms with E-state index in [-0.39, 0.29) is 30.6 Å². The predicted molar refractivity (Wildman–Crippen MR) is 98.5 cm³/mol. The zero-order chi connectivity index (χ0) is 19.8. The molecule has 0 bridgehead atoms.